The van der Waals surface area contributed by atoms with Crippen molar-refractivity contribution in [2.75, 3.05) is 12.4 Å². The summed E-state index contributed by atoms with van der Waals surface area (Å²) < 4.78 is 6.88. The lowest BCUT2D eigenvalue weighted by molar-refractivity contribution is -0.116. The van der Waals surface area contributed by atoms with Crippen LogP contribution in [-0.4, -0.2) is 33.0 Å². The Morgan fingerprint density at radius 3 is 2.09 bits per heavy atom. The Morgan fingerprint density at radius 1 is 0.800 bits per heavy atom. The van der Waals surface area contributed by atoms with Crippen LogP contribution in [0.15, 0.2) is 103 Å². The van der Waals surface area contributed by atoms with E-state index in [-0.39, 0.29) is 12.5 Å². The van der Waals surface area contributed by atoms with E-state index < -0.39 is 0 Å². The third-order valence-corrected chi connectivity index (χ3v) is 5.58. The van der Waals surface area contributed by atoms with Crippen LogP contribution in [-0.2, 0) is 11.3 Å². The van der Waals surface area contributed by atoms with E-state index >= 15 is 0 Å². The summed E-state index contributed by atoms with van der Waals surface area (Å²) in [6.45, 7) is -0.00447. The Labute approximate surface area is 203 Å². The molecule has 0 aliphatic carbocycles. The highest BCUT2D eigenvalue weighted by molar-refractivity contribution is 5.90. The topological polar surface area (TPSA) is 81.9 Å². The molecule has 0 saturated carbocycles. The summed E-state index contributed by atoms with van der Waals surface area (Å²) in [5.41, 5.74) is 5.31. The molecule has 0 aliphatic heterocycles. The number of nitrogens with one attached hydrogen (secondary N) is 1. The molecule has 1 amide bonds. The second-order valence-electron chi connectivity index (χ2n) is 7.89. The molecule has 0 saturated heterocycles. The summed E-state index contributed by atoms with van der Waals surface area (Å²) in [5.74, 6) is 0.993. The van der Waals surface area contributed by atoms with Crippen molar-refractivity contribution in [3.05, 3.63) is 103 Å². The van der Waals surface area contributed by atoms with Gasteiger partial charge in [-0.1, -0.05) is 65.9 Å². The van der Waals surface area contributed by atoms with Crippen LogP contribution < -0.4 is 10.1 Å². The Bertz CT molecular complexity index is 1410. The van der Waals surface area contributed by atoms with Gasteiger partial charge < -0.3 is 10.1 Å². The van der Waals surface area contributed by atoms with E-state index in [1.165, 1.54) is 0 Å². The van der Waals surface area contributed by atoms with Crippen LogP contribution in [0.4, 0.5) is 5.82 Å². The molecule has 1 N–H and O–H groups in total. The first-order chi connectivity index (χ1) is 17.2. The molecule has 7 nitrogen and oxygen atoms in total. The second kappa shape index (κ2) is 10.0. The third kappa shape index (κ3) is 4.94. The SMILES string of the molecule is COc1ccc(-c2nnn(CC(=O)Nc3ccc(-c4ccccc4)cn3)c2-c2ccccc2)cc1. The number of nitrogens with zero attached hydrogens (tertiary/aromatic N) is 4. The number of carbonyl (C=O) groups excluding carboxylic acids is 1. The maximum Gasteiger partial charge on any atom is 0.247 e. The lowest BCUT2D eigenvalue weighted by atomic mass is 10.0. The zero-order valence-electron chi connectivity index (χ0n) is 19.1. The molecule has 172 valence electrons. The van der Waals surface area contributed by atoms with Gasteiger partial charge in [0.1, 0.15) is 23.8 Å². The quantitative estimate of drug-likeness (QED) is 0.355. The van der Waals surface area contributed by atoms with Crippen LogP contribution in [0.1, 0.15) is 0 Å². The van der Waals surface area contributed by atoms with Gasteiger partial charge in [-0.25, -0.2) is 9.67 Å². The molecular formula is C28H23N5O2. The number of rotatable bonds is 7. The molecule has 35 heavy (non-hydrogen) atoms. The Hall–Kier alpha value is -4.78. The predicted octanol–water partition coefficient (Wildman–Crippen LogP) is 5.32. The molecule has 2 heterocycles. The van der Waals surface area contributed by atoms with E-state index in [9.17, 15) is 4.79 Å². The maximum absolute atomic E-state index is 12.9. The average molecular weight is 462 g/mol. The standard InChI is InChI=1S/C28H23N5O2/c1-35-24-15-12-21(13-16-24)27-28(22-10-6-3-7-11-22)33(32-31-27)19-26(34)30-25-17-14-23(18-29-25)20-8-4-2-5-9-20/h2-18H,19H2,1H3,(H,29,30,34). The number of carbonyl (C=O) groups is 1. The van der Waals surface area contributed by atoms with Crippen molar-refractivity contribution in [2.24, 2.45) is 0 Å². The normalized spacial score (nSPS) is 10.7. The van der Waals surface area contributed by atoms with E-state index in [0.717, 1.165) is 33.7 Å². The number of ether oxygens (including phenoxy) is 1. The van der Waals surface area contributed by atoms with Gasteiger partial charge in [-0.15, -0.1) is 5.10 Å². The minimum absolute atomic E-state index is 0.00447. The first-order valence-electron chi connectivity index (χ1n) is 11.2. The zero-order valence-corrected chi connectivity index (χ0v) is 19.1. The molecule has 0 bridgehead atoms. The zero-order chi connectivity index (χ0) is 24.0. The molecule has 0 spiro atoms. The maximum atomic E-state index is 12.9. The van der Waals surface area contributed by atoms with Gasteiger partial charge in [0, 0.05) is 22.9 Å². The van der Waals surface area contributed by atoms with Crippen molar-refractivity contribution < 1.29 is 9.53 Å². The highest BCUT2D eigenvalue weighted by atomic mass is 16.5. The molecule has 0 fully saturated rings. The largest absolute Gasteiger partial charge is 0.497 e. The van der Waals surface area contributed by atoms with Gasteiger partial charge in [0.15, 0.2) is 0 Å². The number of pyridine rings is 1. The summed E-state index contributed by atoms with van der Waals surface area (Å²) in [6.07, 6.45) is 1.75. The van der Waals surface area contributed by atoms with Crippen molar-refractivity contribution in [2.45, 2.75) is 6.54 Å². The van der Waals surface area contributed by atoms with Crippen LogP contribution in [0.5, 0.6) is 5.75 Å². The fourth-order valence-electron chi connectivity index (χ4n) is 3.84. The molecule has 5 aromatic rings. The van der Waals surface area contributed by atoms with Crippen LogP contribution in [0.2, 0.25) is 0 Å². The number of methoxy groups -OCH3 is 1. The van der Waals surface area contributed by atoms with E-state index in [2.05, 4.69) is 20.6 Å². The van der Waals surface area contributed by atoms with Gasteiger partial charge in [-0.05, 0) is 42.0 Å². The molecule has 0 radical (unpaired) electrons. The molecule has 0 atom stereocenters. The lowest BCUT2D eigenvalue weighted by Gasteiger charge is -2.10. The van der Waals surface area contributed by atoms with Gasteiger partial charge in [-0.2, -0.15) is 0 Å². The number of aromatic nitrogens is 4. The molecule has 5 rings (SSSR count). The summed E-state index contributed by atoms with van der Waals surface area (Å²) in [6, 6.07) is 31.1. The van der Waals surface area contributed by atoms with Crippen molar-refractivity contribution in [1.82, 2.24) is 20.0 Å². The summed E-state index contributed by atoms with van der Waals surface area (Å²) >= 11 is 0. The number of amides is 1. The lowest BCUT2D eigenvalue weighted by Crippen LogP contribution is -2.20. The highest BCUT2D eigenvalue weighted by Gasteiger charge is 2.19. The summed E-state index contributed by atoms with van der Waals surface area (Å²) in [5, 5.41) is 11.6. The first-order valence-corrected chi connectivity index (χ1v) is 11.2. The highest BCUT2D eigenvalue weighted by Crippen LogP contribution is 2.31. The molecule has 0 aliphatic rings. The van der Waals surface area contributed by atoms with Crippen molar-refractivity contribution in [1.29, 1.82) is 0 Å². The van der Waals surface area contributed by atoms with Crippen LogP contribution in [0.3, 0.4) is 0 Å². The molecule has 0 unspecified atom stereocenters. The van der Waals surface area contributed by atoms with Crippen LogP contribution in [0, 0.1) is 0 Å². The molecular weight excluding hydrogens is 438 g/mol. The summed E-state index contributed by atoms with van der Waals surface area (Å²) in [4.78, 5) is 17.3. The Balaban J connectivity index is 1.38. The first kappa shape index (κ1) is 22.0. The molecule has 7 heteroatoms. The number of hydrogen-bond donors (Lipinski definition) is 1. The van der Waals surface area contributed by atoms with E-state index in [4.69, 9.17) is 4.74 Å². The number of anilines is 1. The molecule has 2 aromatic heterocycles. The smallest absolute Gasteiger partial charge is 0.247 e. The van der Waals surface area contributed by atoms with E-state index in [1.807, 2.05) is 91.0 Å². The third-order valence-electron chi connectivity index (χ3n) is 5.58. The monoisotopic (exact) mass is 461 g/mol. The van der Waals surface area contributed by atoms with E-state index in [0.29, 0.717) is 11.5 Å². The fourth-order valence-corrected chi connectivity index (χ4v) is 3.84. The van der Waals surface area contributed by atoms with E-state index in [1.54, 1.807) is 24.1 Å². The van der Waals surface area contributed by atoms with Gasteiger partial charge in [0.05, 0.1) is 12.8 Å². The average Bonchev–Trinajstić information content (AvgIpc) is 3.33. The Morgan fingerprint density at radius 2 is 1.46 bits per heavy atom. The number of benzene rings is 3. The minimum Gasteiger partial charge on any atom is -0.497 e. The van der Waals surface area contributed by atoms with Gasteiger partial charge >= 0.3 is 0 Å². The minimum atomic E-state index is -0.242. The molecule has 3 aromatic carbocycles. The van der Waals surface area contributed by atoms with Gasteiger partial charge in [-0.3, -0.25) is 4.79 Å². The number of hydrogen-bond acceptors (Lipinski definition) is 5. The van der Waals surface area contributed by atoms with Crippen molar-refractivity contribution in [3.8, 4) is 39.4 Å². The Kier molecular flexibility index (Phi) is 6.30. The van der Waals surface area contributed by atoms with Gasteiger partial charge in [0.2, 0.25) is 5.91 Å². The second-order valence-corrected chi connectivity index (χ2v) is 7.89. The fraction of sp³-hybridized carbons (Fsp3) is 0.0714. The van der Waals surface area contributed by atoms with Gasteiger partial charge in [0.25, 0.3) is 0 Å². The predicted molar refractivity (Wildman–Crippen MR) is 136 cm³/mol. The van der Waals surface area contributed by atoms with Crippen LogP contribution in [0.25, 0.3) is 33.6 Å². The van der Waals surface area contributed by atoms with Crippen LogP contribution >= 0.6 is 0 Å². The van der Waals surface area contributed by atoms with Crippen molar-refractivity contribution >= 4 is 11.7 Å². The summed E-state index contributed by atoms with van der Waals surface area (Å²) in [7, 11) is 1.63. The van der Waals surface area contributed by atoms with Crippen molar-refractivity contribution in [3.63, 3.8) is 0 Å².